The van der Waals surface area contributed by atoms with Crippen molar-refractivity contribution < 1.29 is 28.7 Å². The summed E-state index contributed by atoms with van der Waals surface area (Å²) in [4.78, 5) is 65.2. The van der Waals surface area contributed by atoms with Crippen LogP contribution in [0, 0.1) is 0 Å². The van der Waals surface area contributed by atoms with E-state index in [0.717, 1.165) is 36.8 Å². The van der Waals surface area contributed by atoms with Gasteiger partial charge in [-0.15, -0.1) is 0 Å². The largest absolute Gasteiger partial charge is 0.491 e. The summed E-state index contributed by atoms with van der Waals surface area (Å²) in [7, 11) is 0. The summed E-state index contributed by atoms with van der Waals surface area (Å²) in [6, 6.07) is 20.7. The summed E-state index contributed by atoms with van der Waals surface area (Å²) in [6.07, 6.45) is 11.2. The monoisotopic (exact) mass is 730 g/mol. The molecule has 2 atom stereocenters. The number of amides is 4. The second kappa shape index (κ2) is 18.1. The highest BCUT2D eigenvalue weighted by molar-refractivity contribution is 6.03. The lowest BCUT2D eigenvalue weighted by atomic mass is 10.1. The van der Waals surface area contributed by atoms with Gasteiger partial charge in [0.1, 0.15) is 12.1 Å². The molecule has 2 aliphatic rings. The Balaban J connectivity index is 1.01. The van der Waals surface area contributed by atoms with Crippen LogP contribution < -0.4 is 20.1 Å². The van der Waals surface area contributed by atoms with Crippen LogP contribution in [-0.2, 0) is 9.59 Å². The lowest BCUT2D eigenvalue weighted by Crippen LogP contribution is -2.43. The SMILES string of the molecule is CCCOc1cccnc1C(=O)N1CCC[C@H]1C(=O)Nc1ccc(C=Cc2ccc(NC(=O)[C@@H]3CCCN3C(=O)c3ncccc3OCCC)cc2)cc1. The van der Waals surface area contributed by atoms with Crippen LogP contribution in [0.1, 0.15) is 84.5 Å². The first-order valence-corrected chi connectivity index (χ1v) is 18.6. The minimum Gasteiger partial charge on any atom is -0.491 e. The second-order valence-electron chi connectivity index (χ2n) is 13.3. The lowest BCUT2D eigenvalue weighted by molar-refractivity contribution is -0.120. The van der Waals surface area contributed by atoms with Crippen LogP contribution in [0.2, 0.25) is 0 Å². The lowest BCUT2D eigenvalue weighted by Gasteiger charge is -2.24. The van der Waals surface area contributed by atoms with E-state index in [-0.39, 0.29) is 35.0 Å². The molecule has 0 bridgehead atoms. The average Bonchev–Trinajstić information content (AvgIpc) is 3.91. The third-order valence-corrected chi connectivity index (χ3v) is 9.33. The van der Waals surface area contributed by atoms with E-state index in [0.29, 0.717) is 62.0 Å². The summed E-state index contributed by atoms with van der Waals surface area (Å²) in [5, 5.41) is 5.93. The Labute approximate surface area is 315 Å². The maximum Gasteiger partial charge on any atom is 0.276 e. The number of hydrogen-bond acceptors (Lipinski definition) is 8. The van der Waals surface area contributed by atoms with Crippen LogP contribution >= 0.6 is 0 Å². The Kier molecular flexibility index (Phi) is 12.7. The molecule has 4 amide bonds. The average molecular weight is 731 g/mol. The molecule has 0 aliphatic carbocycles. The van der Waals surface area contributed by atoms with E-state index in [1.165, 1.54) is 0 Å². The van der Waals surface area contributed by atoms with E-state index >= 15 is 0 Å². The molecule has 2 aromatic carbocycles. The van der Waals surface area contributed by atoms with Gasteiger partial charge in [-0.05, 0) is 98.2 Å². The van der Waals surface area contributed by atoms with E-state index in [1.54, 1.807) is 46.5 Å². The van der Waals surface area contributed by atoms with E-state index in [4.69, 9.17) is 9.47 Å². The highest BCUT2D eigenvalue weighted by Crippen LogP contribution is 2.27. The molecule has 0 unspecified atom stereocenters. The number of benzene rings is 2. The first kappa shape index (κ1) is 37.7. The van der Waals surface area contributed by atoms with Crippen molar-refractivity contribution >= 4 is 47.2 Å². The van der Waals surface area contributed by atoms with Gasteiger partial charge < -0.3 is 29.9 Å². The summed E-state index contributed by atoms with van der Waals surface area (Å²) < 4.78 is 11.5. The molecule has 2 aromatic heterocycles. The number of aromatic nitrogens is 2. The van der Waals surface area contributed by atoms with E-state index in [9.17, 15) is 19.2 Å². The molecule has 2 N–H and O–H groups in total. The third-order valence-electron chi connectivity index (χ3n) is 9.33. The molecule has 54 heavy (non-hydrogen) atoms. The number of pyridine rings is 2. The van der Waals surface area contributed by atoms with Crippen molar-refractivity contribution in [3.05, 3.63) is 108 Å². The molecule has 12 nitrogen and oxygen atoms in total. The zero-order chi connectivity index (χ0) is 37.9. The van der Waals surface area contributed by atoms with Gasteiger partial charge in [-0.25, -0.2) is 9.97 Å². The van der Waals surface area contributed by atoms with Crippen LogP contribution in [0.4, 0.5) is 11.4 Å². The number of rotatable bonds is 14. The Bertz CT molecular complexity index is 1820. The van der Waals surface area contributed by atoms with Crippen molar-refractivity contribution in [3.63, 3.8) is 0 Å². The zero-order valence-corrected chi connectivity index (χ0v) is 30.7. The molecule has 12 heteroatoms. The number of anilines is 2. The first-order valence-electron chi connectivity index (χ1n) is 18.6. The molecule has 0 saturated carbocycles. The fraction of sp³-hybridized carbons (Fsp3) is 0.333. The highest BCUT2D eigenvalue weighted by atomic mass is 16.5. The van der Waals surface area contributed by atoms with Gasteiger partial charge in [-0.3, -0.25) is 19.2 Å². The van der Waals surface area contributed by atoms with Gasteiger partial charge in [0.25, 0.3) is 11.8 Å². The second-order valence-corrected chi connectivity index (χ2v) is 13.3. The van der Waals surface area contributed by atoms with Gasteiger partial charge in [-0.1, -0.05) is 50.3 Å². The molecule has 0 spiro atoms. The number of hydrogen-bond donors (Lipinski definition) is 2. The summed E-state index contributed by atoms with van der Waals surface area (Å²) in [5.74, 6) is -0.246. The van der Waals surface area contributed by atoms with Crippen LogP contribution in [-0.4, -0.2) is 81.8 Å². The molecule has 0 radical (unpaired) electrons. The predicted molar refractivity (Wildman–Crippen MR) is 207 cm³/mol. The molecular weight excluding hydrogens is 684 g/mol. The first-order chi connectivity index (χ1) is 26.4. The van der Waals surface area contributed by atoms with Crippen molar-refractivity contribution in [2.24, 2.45) is 0 Å². The molecule has 280 valence electrons. The van der Waals surface area contributed by atoms with Crippen molar-refractivity contribution in [3.8, 4) is 11.5 Å². The Morgan fingerprint density at radius 3 is 1.44 bits per heavy atom. The highest BCUT2D eigenvalue weighted by Gasteiger charge is 2.37. The minimum absolute atomic E-state index is 0.221. The molecule has 2 saturated heterocycles. The molecule has 6 rings (SSSR count). The number of nitrogens with zero attached hydrogens (tertiary/aromatic N) is 4. The maximum atomic E-state index is 13.4. The van der Waals surface area contributed by atoms with Gasteiger partial charge in [0, 0.05) is 36.9 Å². The Morgan fingerprint density at radius 2 is 1.06 bits per heavy atom. The molecule has 4 heterocycles. The fourth-order valence-corrected chi connectivity index (χ4v) is 6.59. The molecule has 2 aliphatic heterocycles. The summed E-state index contributed by atoms with van der Waals surface area (Å²) in [5.41, 5.74) is 3.57. The van der Waals surface area contributed by atoms with Crippen LogP contribution in [0.15, 0.2) is 85.2 Å². The Morgan fingerprint density at radius 1 is 0.648 bits per heavy atom. The van der Waals surface area contributed by atoms with Crippen molar-refractivity contribution in [1.82, 2.24) is 19.8 Å². The van der Waals surface area contributed by atoms with Crippen molar-refractivity contribution in [2.45, 2.75) is 64.5 Å². The van der Waals surface area contributed by atoms with Crippen LogP contribution in [0.25, 0.3) is 12.2 Å². The van der Waals surface area contributed by atoms with Gasteiger partial charge in [0.2, 0.25) is 11.8 Å². The van der Waals surface area contributed by atoms with Gasteiger partial charge >= 0.3 is 0 Å². The minimum atomic E-state index is -0.601. The van der Waals surface area contributed by atoms with Crippen LogP contribution in [0.3, 0.4) is 0 Å². The topological polar surface area (TPSA) is 143 Å². The number of carbonyl (C=O) groups is 4. The number of likely N-dealkylation sites (tertiary alicyclic amines) is 2. The molecule has 4 aromatic rings. The van der Waals surface area contributed by atoms with Crippen molar-refractivity contribution in [1.29, 1.82) is 0 Å². The van der Waals surface area contributed by atoms with Gasteiger partial charge in [0.15, 0.2) is 22.9 Å². The van der Waals surface area contributed by atoms with E-state index in [1.807, 2.05) is 74.5 Å². The Hall–Kier alpha value is -6.04. The van der Waals surface area contributed by atoms with Crippen molar-refractivity contribution in [2.75, 3.05) is 36.9 Å². The van der Waals surface area contributed by atoms with Gasteiger partial charge in [0.05, 0.1) is 13.2 Å². The maximum absolute atomic E-state index is 13.4. The van der Waals surface area contributed by atoms with E-state index in [2.05, 4.69) is 20.6 Å². The quantitative estimate of drug-likeness (QED) is 0.136. The molecular formula is C42H46N6O6. The number of carbonyl (C=O) groups excluding carboxylic acids is 4. The molecule has 2 fully saturated rings. The smallest absolute Gasteiger partial charge is 0.276 e. The fourth-order valence-electron chi connectivity index (χ4n) is 6.59. The number of nitrogens with one attached hydrogen (secondary N) is 2. The third kappa shape index (κ3) is 9.11. The standard InChI is InChI=1S/C42H46N6O6/c1-3-27-53-35-11-5-23-43-37(35)41(51)47-25-7-9-33(47)39(49)45-31-19-15-29(16-20-31)13-14-30-17-21-32(22-18-30)46-40(50)34-10-8-26-48(34)42(52)38-36(54-28-4-2)12-6-24-44-38/h5-6,11-24,33-34H,3-4,7-10,25-28H2,1-2H3,(H,45,49)(H,46,50)/t33-,34-/m0/s1. The van der Waals surface area contributed by atoms with Gasteiger partial charge in [-0.2, -0.15) is 0 Å². The van der Waals surface area contributed by atoms with E-state index < -0.39 is 12.1 Å². The van der Waals surface area contributed by atoms with Crippen LogP contribution in [0.5, 0.6) is 11.5 Å². The summed E-state index contributed by atoms with van der Waals surface area (Å²) in [6.45, 7) is 5.88. The zero-order valence-electron chi connectivity index (χ0n) is 30.7. The predicted octanol–water partition coefficient (Wildman–Crippen LogP) is 6.71. The normalized spacial score (nSPS) is 16.7. The number of ether oxygens (including phenoxy) is 2. The summed E-state index contributed by atoms with van der Waals surface area (Å²) >= 11 is 0.